The summed E-state index contributed by atoms with van der Waals surface area (Å²) in [7, 11) is 0. The van der Waals surface area contributed by atoms with Crippen LogP contribution in [0.3, 0.4) is 0 Å². The Morgan fingerprint density at radius 3 is 2.58 bits per heavy atom. The zero-order valence-electron chi connectivity index (χ0n) is 11.2. The highest BCUT2D eigenvalue weighted by atomic mass is 16.1. The fraction of sp³-hybridized carbons (Fsp3) is 0.389. The van der Waals surface area contributed by atoms with Crippen LogP contribution in [0.15, 0.2) is 36.4 Å². The van der Waals surface area contributed by atoms with E-state index in [0.29, 0.717) is 23.5 Å². The smallest absolute Gasteiger partial charge is 0.167 e. The molecule has 2 aromatic carbocycles. The van der Waals surface area contributed by atoms with Crippen LogP contribution in [-0.2, 0) is 0 Å². The average molecular weight is 250 g/mol. The van der Waals surface area contributed by atoms with Gasteiger partial charge in [0.2, 0.25) is 0 Å². The number of aryl methyl sites for hydroxylation is 1. The van der Waals surface area contributed by atoms with Crippen LogP contribution in [0.1, 0.15) is 35.2 Å². The molecule has 1 heteroatoms. The van der Waals surface area contributed by atoms with Gasteiger partial charge in [-0.1, -0.05) is 42.8 Å². The van der Waals surface area contributed by atoms with E-state index >= 15 is 0 Å². The number of benzene rings is 2. The third kappa shape index (κ3) is 1.57. The van der Waals surface area contributed by atoms with Crippen molar-refractivity contribution in [3.63, 3.8) is 0 Å². The van der Waals surface area contributed by atoms with Gasteiger partial charge in [0.25, 0.3) is 0 Å². The van der Waals surface area contributed by atoms with E-state index in [1.54, 1.807) is 0 Å². The minimum Gasteiger partial charge on any atom is -0.294 e. The first-order chi connectivity index (χ1) is 9.27. The van der Waals surface area contributed by atoms with E-state index in [1.165, 1.54) is 24.6 Å². The van der Waals surface area contributed by atoms with Gasteiger partial charge < -0.3 is 0 Å². The maximum absolute atomic E-state index is 12.9. The van der Waals surface area contributed by atoms with E-state index < -0.39 is 0 Å². The van der Waals surface area contributed by atoms with Crippen LogP contribution >= 0.6 is 0 Å². The molecule has 1 nitrogen and oxygen atoms in total. The number of Topliss-reactive ketones (excluding diaryl/α,β-unsaturated/α-hetero) is 1. The number of hydrogen-bond donors (Lipinski definition) is 0. The lowest BCUT2D eigenvalue weighted by Gasteiger charge is -2.10. The maximum atomic E-state index is 12.9. The van der Waals surface area contributed by atoms with Crippen LogP contribution in [0.4, 0.5) is 0 Å². The van der Waals surface area contributed by atoms with Gasteiger partial charge in [-0.05, 0) is 47.9 Å². The average Bonchev–Trinajstić information content (AvgIpc) is 2.91. The van der Waals surface area contributed by atoms with Gasteiger partial charge in [-0.2, -0.15) is 0 Å². The first-order valence-corrected chi connectivity index (χ1v) is 7.30. The lowest BCUT2D eigenvalue weighted by molar-refractivity contribution is 0.0952. The van der Waals surface area contributed by atoms with Crippen molar-refractivity contribution < 1.29 is 4.79 Å². The molecule has 2 fully saturated rings. The molecule has 0 radical (unpaired) electrons. The normalized spacial score (nSPS) is 28.4. The van der Waals surface area contributed by atoms with Crippen LogP contribution in [-0.4, -0.2) is 5.78 Å². The van der Waals surface area contributed by atoms with Gasteiger partial charge in [-0.3, -0.25) is 4.79 Å². The van der Waals surface area contributed by atoms with Crippen molar-refractivity contribution in [1.29, 1.82) is 0 Å². The molecule has 0 saturated heterocycles. The monoisotopic (exact) mass is 250 g/mol. The van der Waals surface area contributed by atoms with Gasteiger partial charge >= 0.3 is 0 Å². The topological polar surface area (TPSA) is 17.1 Å². The van der Waals surface area contributed by atoms with Gasteiger partial charge in [-0.15, -0.1) is 0 Å². The van der Waals surface area contributed by atoms with E-state index in [4.69, 9.17) is 0 Å². The van der Waals surface area contributed by atoms with Crippen molar-refractivity contribution in [2.24, 2.45) is 17.8 Å². The van der Waals surface area contributed by atoms with Crippen LogP contribution in [0.5, 0.6) is 0 Å². The summed E-state index contributed by atoms with van der Waals surface area (Å²) in [5.74, 6) is 2.14. The summed E-state index contributed by atoms with van der Waals surface area (Å²) >= 11 is 0. The van der Waals surface area contributed by atoms with Gasteiger partial charge in [0, 0.05) is 11.5 Å². The van der Waals surface area contributed by atoms with Gasteiger partial charge in [-0.25, -0.2) is 0 Å². The molecule has 2 atom stereocenters. The summed E-state index contributed by atoms with van der Waals surface area (Å²) in [6.07, 6.45) is 3.86. The van der Waals surface area contributed by atoms with Crippen molar-refractivity contribution in [1.82, 2.24) is 0 Å². The van der Waals surface area contributed by atoms with Crippen LogP contribution in [0, 0.1) is 24.7 Å². The second-order valence-corrected chi connectivity index (χ2v) is 6.13. The highest BCUT2D eigenvalue weighted by Crippen LogP contribution is 2.58. The fourth-order valence-corrected chi connectivity index (χ4v) is 4.08. The maximum Gasteiger partial charge on any atom is 0.167 e. The molecular formula is C18H18O. The molecule has 0 amide bonds. The van der Waals surface area contributed by atoms with Crippen LogP contribution < -0.4 is 0 Å². The molecule has 0 aromatic heterocycles. The molecule has 0 bridgehead atoms. The van der Waals surface area contributed by atoms with Crippen LogP contribution in [0.2, 0.25) is 0 Å². The molecule has 96 valence electrons. The van der Waals surface area contributed by atoms with Crippen LogP contribution in [0.25, 0.3) is 10.8 Å². The summed E-state index contributed by atoms with van der Waals surface area (Å²) in [6, 6.07) is 12.5. The molecule has 2 saturated carbocycles. The number of carbonyl (C=O) groups is 1. The third-order valence-electron chi connectivity index (χ3n) is 5.09. The molecule has 2 unspecified atom stereocenters. The number of carbonyl (C=O) groups excluding carboxylic acids is 1. The zero-order chi connectivity index (χ0) is 13.0. The van der Waals surface area contributed by atoms with Gasteiger partial charge in [0.15, 0.2) is 5.78 Å². The number of fused-ring (bicyclic) bond motifs is 2. The van der Waals surface area contributed by atoms with E-state index in [0.717, 1.165) is 16.5 Å². The Morgan fingerprint density at radius 2 is 1.79 bits per heavy atom. The molecule has 0 heterocycles. The summed E-state index contributed by atoms with van der Waals surface area (Å²) < 4.78 is 0. The Hall–Kier alpha value is -1.63. The summed E-state index contributed by atoms with van der Waals surface area (Å²) in [4.78, 5) is 12.9. The highest BCUT2D eigenvalue weighted by molar-refractivity contribution is 6.11. The van der Waals surface area contributed by atoms with E-state index in [1.807, 2.05) is 12.1 Å². The lowest BCUT2D eigenvalue weighted by Crippen LogP contribution is -2.09. The standard InChI is InChI=1S/C18H18O/c1-11-9-10-12-5-2-3-6-13(12)16(11)18(19)17-14-7-4-8-15(14)17/h2-3,5-6,9-10,14-15,17H,4,7-8H2,1H3. The number of rotatable bonds is 2. The molecule has 0 spiro atoms. The second-order valence-electron chi connectivity index (χ2n) is 6.13. The zero-order valence-corrected chi connectivity index (χ0v) is 11.2. The first kappa shape index (κ1) is 11.2. The molecule has 0 N–H and O–H groups in total. The molecule has 19 heavy (non-hydrogen) atoms. The summed E-state index contributed by atoms with van der Waals surface area (Å²) in [5.41, 5.74) is 2.12. The SMILES string of the molecule is Cc1ccc2ccccc2c1C(=O)C1C2CCCC21. The third-order valence-corrected chi connectivity index (χ3v) is 5.09. The minimum absolute atomic E-state index is 0.332. The molecule has 0 aliphatic heterocycles. The fourth-order valence-electron chi connectivity index (χ4n) is 4.08. The van der Waals surface area contributed by atoms with E-state index in [-0.39, 0.29) is 0 Å². The largest absolute Gasteiger partial charge is 0.294 e. The predicted octanol–water partition coefficient (Wildman–Crippen LogP) is 4.38. The minimum atomic E-state index is 0.332. The van der Waals surface area contributed by atoms with Crippen molar-refractivity contribution in [2.75, 3.05) is 0 Å². The molecule has 4 rings (SSSR count). The Labute approximate surface area is 113 Å². The lowest BCUT2D eigenvalue weighted by atomic mass is 9.92. The summed E-state index contributed by atoms with van der Waals surface area (Å²) in [5, 5.41) is 2.32. The van der Waals surface area contributed by atoms with E-state index in [2.05, 4.69) is 31.2 Å². The number of hydrogen-bond acceptors (Lipinski definition) is 1. The Morgan fingerprint density at radius 1 is 1.05 bits per heavy atom. The van der Waals surface area contributed by atoms with Crippen molar-refractivity contribution >= 4 is 16.6 Å². The first-order valence-electron chi connectivity index (χ1n) is 7.30. The van der Waals surface area contributed by atoms with E-state index in [9.17, 15) is 4.79 Å². The molecule has 2 aromatic rings. The Bertz CT molecular complexity index is 660. The predicted molar refractivity (Wildman–Crippen MR) is 77.3 cm³/mol. The second kappa shape index (κ2) is 3.93. The van der Waals surface area contributed by atoms with Crippen molar-refractivity contribution in [3.05, 3.63) is 47.5 Å². The van der Waals surface area contributed by atoms with Crippen molar-refractivity contribution in [3.8, 4) is 0 Å². The molecular weight excluding hydrogens is 232 g/mol. The molecule has 2 aliphatic rings. The Kier molecular flexibility index (Phi) is 2.32. The highest BCUT2D eigenvalue weighted by Gasteiger charge is 2.56. The Balaban J connectivity index is 1.82. The van der Waals surface area contributed by atoms with Crippen molar-refractivity contribution in [2.45, 2.75) is 26.2 Å². The quantitative estimate of drug-likeness (QED) is 0.723. The summed E-state index contributed by atoms with van der Waals surface area (Å²) in [6.45, 7) is 2.07. The molecule has 2 aliphatic carbocycles. The van der Waals surface area contributed by atoms with Gasteiger partial charge in [0.05, 0.1) is 0 Å². The number of ketones is 1. The van der Waals surface area contributed by atoms with Gasteiger partial charge in [0.1, 0.15) is 0 Å².